The van der Waals surface area contributed by atoms with Gasteiger partial charge >= 0.3 is 7.12 Å². The van der Waals surface area contributed by atoms with Crippen LogP contribution in [0, 0.1) is 0 Å². The SMILES string of the molecule is CC1(C)OB(c2cc3c(c4ccccc24)c2ccccc2n3-c2ccccc2)OC1(C)C. The Balaban J connectivity index is 1.74. The van der Waals surface area contributed by atoms with Gasteiger partial charge in [0.05, 0.1) is 22.2 Å². The highest BCUT2D eigenvalue weighted by atomic mass is 16.7. The van der Waals surface area contributed by atoms with Gasteiger partial charge in [-0.25, -0.2) is 0 Å². The van der Waals surface area contributed by atoms with Crippen LogP contribution in [0.1, 0.15) is 27.7 Å². The molecule has 1 aliphatic heterocycles. The third-order valence-electron chi connectivity index (χ3n) is 7.23. The van der Waals surface area contributed by atoms with E-state index in [9.17, 15) is 0 Å². The van der Waals surface area contributed by atoms with Crippen LogP contribution in [0.3, 0.4) is 0 Å². The fraction of sp³-hybridized carbons (Fsp3) is 0.214. The van der Waals surface area contributed by atoms with E-state index in [1.807, 2.05) is 0 Å². The maximum Gasteiger partial charge on any atom is 0.495 e. The van der Waals surface area contributed by atoms with E-state index in [4.69, 9.17) is 9.31 Å². The van der Waals surface area contributed by atoms with Crippen molar-refractivity contribution in [2.45, 2.75) is 38.9 Å². The van der Waals surface area contributed by atoms with Crippen molar-refractivity contribution in [1.29, 1.82) is 0 Å². The summed E-state index contributed by atoms with van der Waals surface area (Å²) in [7, 11) is -0.420. The summed E-state index contributed by atoms with van der Waals surface area (Å²) in [4.78, 5) is 0. The van der Waals surface area contributed by atoms with E-state index in [0.717, 1.165) is 11.2 Å². The summed E-state index contributed by atoms with van der Waals surface area (Å²) in [5.74, 6) is 0. The van der Waals surface area contributed by atoms with Gasteiger partial charge in [0.25, 0.3) is 0 Å². The van der Waals surface area contributed by atoms with Crippen molar-refractivity contribution in [3.63, 3.8) is 0 Å². The molecule has 158 valence electrons. The lowest BCUT2D eigenvalue weighted by molar-refractivity contribution is 0.00578. The van der Waals surface area contributed by atoms with Crippen molar-refractivity contribution in [3.8, 4) is 5.69 Å². The summed E-state index contributed by atoms with van der Waals surface area (Å²) in [6.07, 6.45) is 0. The molecule has 4 heteroatoms. The second-order valence-corrected chi connectivity index (χ2v) is 9.68. The second kappa shape index (κ2) is 6.71. The molecule has 0 spiro atoms. The van der Waals surface area contributed by atoms with Crippen LogP contribution in [-0.4, -0.2) is 22.9 Å². The topological polar surface area (TPSA) is 23.4 Å². The summed E-state index contributed by atoms with van der Waals surface area (Å²) in [6, 6.07) is 30.1. The molecule has 2 heterocycles. The molecule has 0 atom stereocenters. The molecule has 32 heavy (non-hydrogen) atoms. The summed E-state index contributed by atoms with van der Waals surface area (Å²) in [6.45, 7) is 8.42. The molecular formula is C28H26BNO2. The molecule has 0 unspecified atom stereocenters. The molecule has 0 N–H and O–H groups in total. The number of hydrogen-bond acceptors (Lipinski definition) is 2. The van der Waals surface area contributed by atoms with E-state index >= 15 is 0 Å². The highest BCUT2D eigenvalue weighted by Gasteiger charge is 2.52. The van der Waals surface area contributed by atoms with Crippen molar-refractivity contribution < 1.29 is 9.31 Å². The Labute approximate surface area is 188 Å². The number of rotatable bonds is 2. The molecule has 6 rings (SSSR count). The van der Waals surface area contributed by atoms with Gasteiger partial charge < -0.3 is 13.9 Å². The molecule has 0 saturated carbocycles. The highest BCUT2D eigenvalue weighted by molar-refractivity contribution is 6.66. The van der Waals surface area contributed by atoms with Crippen LogP contribution in [0.15, 0.2) is 84.9 Å². The fourth-order valence-corrected chi connectivity index (χ4v) is 4.88. The lowest BCUT2D eigenvalue weighted by Gasteiger charge is -2.32. The van der Waals surface area contributed by atoms with Crippen molar-refractivity contribution in [2.24, 2.45) is 0 Å². The predicted octanol–water partition coefficient (Wildman–Crippen LogP) is 6.24. The van der Waals surface area contributed by atoms with Crippen LogP contribution >= 0.6 is 0 Å². The van der Waals surface area contributed by atoms with Crippen LogP contribution < -0.4 is 5.46 Å². The van der Waals surface area contributed by atoms with E-state index in [-0.39, 0.29) is 11.2 Å². The molecule has 4 aromatic carbocycles. The van der Waals surface area contributed by atoms with E-state index in [2.05, 4.69) is 117 Å². The number of fused-ring (bicyclic) bond motifs is 5. The molecule has 5 aromatic rings. The highest BCUT2D eigenvalue weighted by Crippen LogP contribution is 2.40. The van der Waals surface area contributed by atoms with E-state index in [0.29, 0.717) is 0 Å². The third-order valence-corrected chi connectivity index (χ3v) is 7.23. The zero-order valence-electron chi connectivity index (χ0n) is 18.9. The molecule has 1 aromatic heterocycles. The molecular weight excluding hydrogens is 393 g/mol. The Morgan fingerprint density at radius 2 is 1.19 bits per heavy atom. The summed E-state index contributed by atoms with van der Waals surface area (Å²) in [5, 5.41) is 4.92. The maximum absolute atomic E-state index is 6.50. The Kier molecular flexibility index (Phi) is 4.11. The van der Waals surface area contributed by atoms with Gasteiger partial charge in [0, 0.05) is 16.5 Å². The van der Waals surface area contributed by atoms with Crippen molar-refractivity contribution in [2.75, 3.05) is 0 Å². The molecule has 1 saturated heterocycles. The van der Waals surface area contributed by atoms with Gasteiger partial charge in [-0.1, -0.05) is 60.7 Å². The first-order valence-corrected chi connectivity index (χ1v) is 11.2. The van der Waals surface area contributed by atoms with Crippen molar-refractivity contribution in [3.05, 3.63) is 84.9 Å². The van der Waals surface area contributed by atoms with Gasteiger partial charge in [-0.2, -0.15) is 0 Å². The number of aromatic nitrogens is 1. The average Bonchev–Trinajstić information content (AvgIpc) is 3.23. The van der Waals surface area contributed by atoms with Gasteiger partial charge in [0.2, 0.25) is 0 Å². The van der Waals surface area contributed by atoms with Crippen LogP contribution in [-0.2, 0) is 9.31 Å². The zero-order chi connectivity index (χ0) is 22.1. The molecule has 3 nitrogen and oxygen atoms in total. The molecule has 0 aliphatic carbocycles. The van der Waals surface area contributed by atoms with Crippen LogP contribution in [0.2, 0.25) is 0 Å². The van der Waals surface area contributed by atoms with Crippen molar-refractivity contribution in [1.82, 2.24) is 4.57 Å². The largest absolute Gasteiger partial charge is 0.495 e. The van der Waals surface area contributed by atoms with Gasteiger partial charge in [0.1, 0.15) is 0 Å². The number of hydrogen-bond donors (Lipinski definition) is 0. The monoisotopic (exact) mass is 419 g/mol. The maximum atomic E-state index is 6.50. The van der Waals surface area contributed by atoms with Gasteiger partial charge in [0.15, 0.2) is 0 Å². The fourth-order valence-electron chi connectivity index (χ4n) is 4.88. The van der Waals surface area contributed by atoms with Crippen LogP contribution in [0.5, 0.6) is 0 Å². The van der Waals surface area contributed by atoms with E-state index in [1.54, 1.807) is 0 Å². The number of nitrogens with zero attached hydrogens (tertiary/aromatic N) is 1. The van der Waals surface area contributed by atoms with Crippen LogP contribution in [0.4, 0.5) is 0 Å². The van der Waals surface area contributed by atoms with E-state index in [1.165, 1.54) is 32.6 Å². The minimum atomic E-state index is -0.420. The standard InChI is InChI=1S/C28H26BNO2/c1-27(2)28(3,4)32-29(31-27)23-18-25-26(21-15-9-8-14-20(21)23)22-16-10-11-17-24(22)30(25)19-12-6-5-7-13-19/h5-18H,1-4H3. The molecule has 0 radical (unpaired) electrons. The summed E-state index contributed by atoms with van der Waals surface area (Å²) in [5.41, 5.74) is 3.81. The molecule has 1 aliphatic rings. The third kappa shape index (κ3) is 2.70. The Bertz CT molecular complexity index is 1470. The Morgan fingerprint density at radius 1 is 0.625 bits per heavy atom. The normalized spacial score (nSPS) is 17.6. The van der Waals surface area contributed by atoms with Gasteiger partial charge in [-0.05, 0) is 68.2 Å². The Hall–Kier alpha value is -3.08. The summed E-state index contributed by atoms with van der Waals surface area (Å²) < 4.78 is 15.3. The molecule has 1 fully saturated rings. The Morgan fingerprint density at radius 3 is 1.88 bits per heavy atom. The minimum Gasteiger partial charge on any atom is -0.399 e. The average molecular weight is 419 g/mol. The first-order chi connectivity index (χ1) is 15.4. The molecule has 0 amide bonds. The quantitative estimate of drug-likeness (QED) is 0.317. The molecule has 0 bridgehead atoms. The number of benzene rings is 4. The smallest absolute Gasteiger partial charge is 0.399 e. The second-order valence-electron chi connectivity index (χ2n) is 9.68. The lowest BCUT2D eigenvalue weighted by Crippen LogP contribution is -2.41. The van der Waals surface area contributed by atoms with Crippen molar-refractivity contribution >= 4 is 45.2 Å². The lowest BCUT2D eigenvalue weighted by atomic mass is 9.75. The van der Waals surface area contributed by atoms with Gasteiger partial charge in [-0.15, -0.1) is 0 Å². The summed E-state index contributed by atoms with van der Waals surface area (Å²) >= 11 is 0. The minimum absolute atomic E-state index is 0.389. The van der Waals surface area contributed by atoms with E-state index < -0.39 is 7.12 Å². The van der Waals surface area contributed by atoms with Crippen LogP contribution in [0.25, 0.3) is 38.3 Å². The first-order valence-electron chi connectivity index (χ1n) is 11.2. The zero-order valence-corrected chi connectivity index (χ0v) is 18.9. The number of para-hydroxylation sites is 2. The first kappa shape index (κ1) is 19.6. The van der Waals surface area contributed by atoms with Gasteiger partial charge in [-0.3, -0.25) is 0 Å². The predicted molar refractivity (Wildman–Crippen MR) is 134 cm³/mol.